The van der Waals surface area contributed by atoms with Gasteiger partial charge in [-0.05, 0) is 43.2 Å². The molecule has 0 saturated carbocycles. The van der Waals surface area contributed by atoms with Crippen LogP contribution in [0.4, 0.5) is 0 Å². The summed E-state index contributed by atoms with van der Waals surface area (Å²) in [6.07, 6.45) is -1.24. The first kappa shape index (κ1) is 19.2. The molecule has 1 aliphatic heterocycles. The molecule has 3 aromatic rings. The molecule has 0 unspecified atom stereocenters. The van der Waals surface area contributed by atoms with Gasteiger partial charge < -0.3 is 9.84 Å². The molecule has 0 radical (unpaired) electrons. The molecular weight excluding hydrogens is 366 g/mol. The van der Waals surface area contributed by atoms with E-state index in [0.29, 0.717) is 11.1 Å². The second-order valence-corrected chi connectivity index (χ2v) is 7.96. The fourth-order valence-corrected chi connectivity index (χ4v) is 4.21. The lowest BCUT2D eigenvalue weighted by Gasteiger charge is -2.40. The first-order valence-corrected chi connectivity index (χ1v) is 9.55. The molecule has 0 bridgehead atoms. The summed E-state index contributed by atoms with van der Waals surface area (Å²) in [6, 6.07) is 21.9. The zero-order chi connectivity index (χ0) is 20.8. The number of nitrogens with zero attached hydrogens (tertiary/aromatic N) is 1. The number of benzene rings is 3. The maximum Gasteiger partial charge on any atom is 0.337 e. The zero-order valence-electron chi connectivity index (χ0n) is 16.6. The van der Waals surface area contributed by atoms with E-state index < -0.39 is 23.3 Å². The largest absolute Gasteiger partial charge is 0.438 e. The Hall–Kier alpha value is -3.18. The van der Waals surface area contributed by atoms with Crippen LogP contribution >= 0.6 is 0 Å². The second-order valence-electron chi connectivity index (χ2n) is 7.96. The lowest BCUT2D eigenvalue weighted by Crippen LogP contribution is -2.58. The summed E-state index contributed by atoms with van der Waals surface area (Å²) >= 11 is 0. The number of carbonyl (C=O) groups is 2. The molecule has 29 heavy (non-hydrogen) atoms. The Morgan fingerprint density at radius 3 is 2.28 bits per heavy atom. The van der Waals surface area contributed by atoms with Gasteiger partial charge in [0.05, 0.1) is 0 Å². The maximum atomic E-state index is 13.8. The highest BCUT2D eigenvalue weighted by Crippen LogP contribution is 2.44. The van der Waals surface area contributed by atoms with Gasteiger partial charge in [0.1, 0.15) is 6.10 Å². The van der Waals surface area contributed by atoms with Crippen molar-refractivity contribution in [1.29, 1.82) is 0 Å². The van der Waals surface area contributed by atoms with Gasteiger partial charge in [0.25, 0.3) is 5.91 Å². The molecule has 1 saturated heterocycles. The minimum absolute atomic E-state index is 0.366. The second kappa shape index (κ2) is 6.71. The average molecular weight is 389 g/mol. The SMILES string of the molecule is CC1(C)OC(=O)[C@](C)([C@@H](O)c2ccccc2)N1C(=O)c1cccc2ccccc12. The van der Waals surface area contributed by atoms with Gasteiger partial charge in [-0.25, -0.2) is 4.79 Å². The number of aliphatic hydroxyl groups excluding tert-OH is 1. The summed E-state index contributed by atoms with van der Waals surface area (Å²) in [6.45, 7) is 4.89. The van der Waals surface area contributed by atoms with E-state index in [-0.39, 0.29) is 5.91 Å². The number of esters is 1. The number of hydrogen-bond acceptors (Lipinski definition) is 4. The number of aliphatic hydroxyl groups is 1. The molecule has 5 nitrogen and oxygen atoms in total. The van der Waals surface area contributed by atoms with Crippen molar-refractivity contribution < 1.29 is 19.4 Å². The van der Waals surface area contributed by atoms with Gasteiger partial charge in [0.2, 0.25) is 0 Å². The van der Waals surface area contributed by atoms with Gasteiger partial charge in [0, 0.05) is 5.56 Å². The van der Waals surface area contributed by atoms with Gasteiger partial charge in [-0.2, -0.15) is 0 Å². The molecule has 3 aromatic carbocycles. The van der Waals surface area contributed by atoms with Crippen molar-refractivity contribution >= 4 is 22.6 Å². The summed E-state index contributed by atoms with van der Waals surface area (Å²) < 4.78 is 5.58. The number of hydrogen-bond donors (Lipinski definition) is 1. The molecule has 4 rings (SSSR count). The van der Waals surface area contributed by atoms with Crippen molar-refractivity contribution in [2.24, 2.45) is 0 Å². The van der Waals surface area contributed by atoms with E-state index in [4.69, 9.17) is 4.74 Å². The highest BCUT2D eigenvalue weighted by Gasteiger charge is 2.62. The van der Waals surface area contributed by atoms with Crippen molar-refractivity contribution in [2.75, 3.05) is 0 Å². The summed E-state index contributed by atoms with van der Waals surface area (Å²) in [4.78, 5) is 28.1. The lowest BCUT2D eigenvalue weighted by atomic mass is 9.86. The highest BCUT2D eigenvalue weighted by molar-refractivity contribution is 6.09. The summed E-state index contributed by atoms with van der Waals surface area (Å²) in [5.74, 6) is -0.998. The van der Waals surface area contributed by atoms with Crippen LogP contribution in [0.3, 0.4) is 0 Å². The number of rotatable bonds is 3. The minimum atomic E-state index is -1.57. The molecule has 0 aromatic heterocycles. The van der Waals surface area contributed by atoms with E-state index >= 15 is 0 Å². The van der Waals surface area contributed by atoms with Crippen LogP contribution in [0, 0.1) is 0 Å². The van der Waals surface area contributed by atoms with Crippen molar-refractivity contribution in [3.05, 3.63) is 83.9 Å². The van der Waals surface area contributed by atoms with Crippen LogP contribution in [-0.2, 0) is 9.53 Å². The third-order valence-corrected chi connectivity index (χ3v) is 5.63. The van der Waals surface area contributed by atoms with E-state index in [1.165, 1.54) is 4.90 Å². The van der Waals surface area contributed by atoms with Crippen LogP contribution in [0.1, 0.15) is 42.8 Å². The monoisotopic (exact) mass is 389 g/mol. The fourth-order valence-electron chi connectivity index (χ4n) is 4.21. The minimum Gasteiger partial charge on any atom is -0.438 e. The van der Waals surface area contributed by atoms with Gasteiger partial charge in [-0.3, -0.25) is 9.69 Å². The third kappa shape index (κ3) is 2.89. The third-order valence-electron chi connectivity index (χ3n) is 5.63. The zero-order valence-corrected chi connectivity index (χ0v) is 16.6. The van der Waals surface area contributed by atoms with Gasteiger partial charge in [0.15, 0.2) is 11.3 Å². The Bertz CT molecular complexity index is 1090. The Balaban J connectivity index is 1.86. The number of cyclic esters (lactones) is 1. The van der Waals surface area contributed by atoms with Crippen LogP contribution in [0.15, 0.2) is 72.8 Å². The van der Waals surface area contributed by atoms with E-state index in [9.17, 15) is 14.7 Å². The Morgan fingerprint density at radius 2 is 1.55 bits per heavy atom. The smallest absolute Gasteiger partial charge is 0.337 e. The number of ether oxygens (including phenoxy) is 1. The maximum absolute atomic E-state index is 13.8. The molecule has 0 aliphatic carbocycles. The molecule has 2 atom stereocenters. The van der Waals surface area contributed by atoms with E-state index in [1.807, 2.05) is 42.5 Å². The number of amides is 1. The first-order chi connectivity index (χ1) is 13.8. The van der Waals surface area contributed by atoms with Gasteiger partial charge >= 0.3 is 5.97 Å². The first-order valence-electron chi connectivity index (χ1n) is 9.55. The van der Waals surface area contributed by atoms with Crippen molar-refractivity contribution in [3.63, 3.8) is 0 Å². The molecule has 1 heterocycles. The molecule has 1 amide bonds. The van der Waals surface area contributed by atoms with Crippen LogP contribution in [0.2, 0.25) is 0 Å². The average Bonchev–Trinajstić information content (AvgIpc) is 2.91. The molecule has 1 aliphatic rings. The summed E-state index contributed by atoms with van der Waals surface area (Å²) in [5.41, 5.74) is -1.78. The molecule has 5 heteroatoms. The fraction of sp³-hybridized carbons (Fsp3) is 0.250. The number of carbonyl (C=O) groups excluding carboxylic acids is 2. The Labute approximate surface area is 169 Å². The highest BCUT2D eigenvalue weighted by atomic mass is 16.6. The Morgan fingerprint density at radius 1 is 0.931 bits per heavy atom. The van der Waals surface area contributed by atoms with Crippen LogP contribution in [-0.4, -0.2) is 33.1 Å². The molecule has 148 valence electrons. The quantitative estimate of drug-likeness (QED) is 0.686. The van der Waals surface area contributed by atoms with Crippen molar-refractivity contribution in [1.82, 2.24) is 4.90 Å². The normalized spacial score (nSPS) is 21.8. The predicted molar refractivity (Wildman–Crippen MR) is 110 cm³/mol. The van der Waals surface area contributed by atoms with Crippen molar-refractivity contribution in [2.45, 2.75) is 38.1 Å². The predicted octanol–water partition coefficient (Wildman–Crippen LogP) is 4.07. The van der Waals surface area contributed by atoms with E-state index in [0.717, 1.165) is 10.8 Å². The number of fused-ring (bicyclic) bond motifs is 1. The molecule has 0 spiro atoms. The van der Waals surface area contributed by atoms with Crippen LogP contribution in [0.25, 0.3) is 10.8 Å². The Kier molecular flexibility index (Phi) is 4.43. The van der Waals surface area contributed by atoms with Gasteiger partial charge in [-0.15, -0.1) is 0 Å². The standard InChI is InChI=1S/C24H23NO4/c1-23(2)25(21(27)19-15-9-13-16-10-7-8-14-18(16)19)24(3,22(28)29-23)20(26)17-11-5-4-6-12-17/h4-15,20,26H,1-3H3/t20-,24-/m0/s1. The van der Waals surface area contributed by atoms with Gasteiger partial charge in [-0.1, -0.05) is 66.7 Å². The van der Waals surface area contributed by atoms with Crippen molar-refractivity contribution in [3.8, 4) is 0 Å². The van der Waals surface area contributed by atoms with Crippen LogP contribution < -0.4 is 0 Å². The van der Waals surface area contributed by atoms with E-state index in [1.54, 1.807) is 51.1 Å². The lowest BCUT2D eigenvalue weighted by molar-refractivity contribution is -0.151. The summed E-state index contributed by atoms with van der Waals surface area (Å²) in [7, 11) is 0. The van der Waals surface area contributed by atoms with E-state index in [2.05, 4.69) is 0 Å². The topological polar surface area (TPSA) is 66.8 Å². The molecular formula is C24H23NO4. The van der Waals surface area contributed by atoms with Crippen LogP contribution in [0.5, 0.6) is 0 Å². The molecule has 1 N–H and O–H groups in total. The summed E-state index contributed by atoms with van der Waals surface area (Å²) in [5, 5.41) is 12.9. The molecule has 1 fully saturated rings.